The van der Waals surface area contributed by atoms with Gasteiger partial charge in [0.2, 0.25) is 5.88 Å². The van der Waals surface area contributed by atoms with E-state index in [2.05, 4.69) is 38.1 Å². The average molecular weight is 684 g/mol. The molecule has 0 amide bonds. The number of hydrogen-bond donors (Lipinski definition) is 2. The number of allylic oxidation sites excluding steroid dienone is 1. The smallest absolute Gasteiger partial charge is 0.337 e. The van der Waals surface area contributed by atoms with Crippen molar-refractivity contribution in [2.45, 2.75) is 31.5 Å². The first-order chi connectivity index (χ1) is 23.4. The van der Waals surface area contributed by atoms with Gasteiger partial charge in [0.05, 0.1) is 52.8 Å². The van der Waals surface area contributed by atoms with Crippen molar-refractivity contribution in [1.82, 2.24) is 20.2 Å². The van der Waals surface area contributed by atoms with Gasteiger partial charge in [0, 0.05) is 34.8 Å². The fourth-order valence-electron chi connectivity index (χ4n) is 6.44. The van der Waals surface area contributed by atoms with Gasteiger partial charge in [0.25, 0.3) is 0 Å². The molecular weight excluding hydrogens is 650 g/mol. The second-order valence-corrected chi connectivity index (χ2v) is 14.0. The molecule has 5 heterocycles. The molecular formula is C35H34FN7O3S2. The monoisotopic (exact) mass is 683 g/mol. The lowest BCUT2D eigenvalue weighted by Gasteiger charge is -2.36. The number of rotatable bonds is 10. The van der Waals surface area contributed by atoms with Gasteiger partial charge in [-0.15, -0.1) is 23.1 Å². The summed E-state index contributed by atoms with van der Waals surface area (Å²) in [5, 5.41) is 16.9. The number of nitrogens with one attached hydrogen (secondary N) is 2. The zero-order valence-electron chi connectivity index (χ0n) is 26.4. The first kappa shape index (κ1) is 31.9. The number of methoxy groups -OCH3 is 1. The number of nitrogens with zero attached hydrogens (tertiary/aromatic N) is 5. The van der Waals surface area contributed by atoms with E-state index in [9.17, 15) is 9.18 Å². The van der Waals surface area contributed by atoms with Gasteiger partial charge in [0.1, 0.15) is 23.3 Å². The number of hydrogen-bond acceptors (Lipinski definition) is 12. The molecule has 1 atom stereocenters. The Hall–Kier alpha value is -4.64. The van der Waals surface area contributed by atoms with Crippen LogP contribution in [0.3, 0.4) is 0 Å². The molecule has 1 fully saturated rings. The second kappa shape index (κ2) is 13.8. The Morgan fingerprint density at radius 3 is 2.85 bits per heavy atom. The SMILES string of the molecule is C=CC1=C(CN2c3cc(C(=O)OC)ccc3NC2CN2CCC(c3cccc(OCc4nc5c(F)cc(C#N)cc5s4)n3)CC2)SCN1. The number of thioether (sulfide) groups is 1. The standard InChI is InChI=1S/C35H34FN7O3S2/c1-3-25-30(47-20-38-25)17-43-28-15-23(35(44)45-2)7-8-27(28)39-31(43)18-42-11-9-22(10-12-42)26-5-4-6-32(40-26)46-19-33-41-34-24(36)13-21(16-37)14-29(34)48-33/h3-8,13-15,22,31,38-39H,1,9-12,17-20H2,2H3. The van der Waals surface area contributed by atoms with Crippen LogP contribution in [0, 0.1) is 17.1 Å². The first-order valence-electron chi connectivity index (χ1n) is 15.7. The quantitative estimate of drug-likeness (QED) is 0.186. The molecule has 0 spiro atoms. The molecule has 2 aromatic heterocycles. The molecule has 4 aromatic rings. The Labute approximate surface area is 286 Å². The van der Waals surface area contributed by atoms with E-state index in [4.69, 9.17) is 19.7 Å². The highest BCUT2D eigenvalue weighted by atomic mass is 32.2. The van der Waals surface area contributed by atoms with E-state index in [1.54, 1.807) is 23.9 Å². The third-order valence-electron chi connectivity index (χ3n) is 8.90. The summed E-state index contributed by atoms with van der Waals surface area (Å²) in [6.07, 6.45) is 3.83. The molecule has 13 heteroatoms. The van der Waals surface area contributed by atoms with Gasteiger partial charge in [-0.1, -0.05) is 12.6 Å². The molecule has 0 radical (unpaired) electrons. The van der Waals surface area contributed by atoms with Crippen LogP contribution in [0.1, 0.15) is 45.4 Å². The van der Waals surface area contributed by atoms with E-state index in [0.717, 1.165) is 61.1 Å². The van der Waals surface area contributed by atoms with Crippen LogP contribution in [-0.4, -0.2) is 66.2 Å². The number of piperidine rings is 1. The molecule has 246 valence electrons. The van der Waals surface area contributed by atoms with E-state index >= 15 is 0 Å². The highest BCUT2D eigenvalue weighted by Crippen LogP contribution is 2.39. The maximum absolute atomic E-state index is 14.4. The number of esters is 1. The number of pyridine rings is 1. The first-order valence-corrected chi connectivity index (χ1v) is 17.5. The molecule has 2 N–H and O–H groups in total. The summed E-state index contributed by atoms with van der Waals surface area (Å²) in [5.41, 5.74) is 5.10. The Kier molecular flexibility index (Phi) is 9.21. The van der Waals surface area contributed by atoms with Crippen LogP contribution in [0.25, 0.3) is 10.2 Å². The third kappa shape index (κ3) is 6.56. The van der Waals surface area contributed by atoms with E-state index in [1.165, 1.54) is 29.4 Å². The summed E-state index contributed by atoms with van der Waals surface area (Å²) in [7, 11) is 1.40. The Bertz CT molecular complexity index is 1950. The predicted molar refractivity (Wildman–Crippen MR) is 187 cm³/mol. The molecule has 3 aliphatic heterocycles. The fraction of sp³-hybridized carbons (Fsp3) is 0.314. The van der Waals surface area contributed by atoms with Gasteiger partial charge in [-0.2, -0.15) is 5.26 Å². The van der Waals surface area contributed by atoms with E-state index < -0.39 is 5.82 Å². The van der Waals surface area contributed by atoms with Crippen molar-refractivity contribution in [2.75, 3.05) is 49.4 Å². The van der Waals surface area contributed by atoms with Crippen molar-refractivity contribution in [3.63, 3.8) is 0 Å². The molecule has 1 unspecified atom stereocenters. The molecule has 10 nitrogen and oxygen atoms in total. The second-order valence-electron chi connectivity index (χ2n) is 11.8. The number of fused-ring (bicyclic) bond motifs is 2. The summed E-state index contributed by atoms with van der Waals surface area (Å²) in [4.78, 5) is 27.6. The van der Waals surface area contributed by atoms with Crippen LogP contribution in [0.2, 0.25) is 0 Å². The molecule has 3 aliphatic rings. The van der Waals surface area contributed by atoms with Crippen molar-refractivity contribution in [3.8, 4) is 11.9 Å². The van der Waals surface area contributed by atoms with Crippen LogP contribution >= 0.6 is 23.1 Å². The highest BCUT2D eigenvalue weighted by molar-refractivity contribution is 8.03. The zero-order valence-corrected chi connectivity index (χ0v) is 28.0. The molecule has 48 heavy (non-hydrogen) atoms. The number of halogens is 1. The lowest BCUT2D eigenvalue weighted by atomic mass is 9.93. The number of ether oxygens (including phenoxy) is 2. The predicted octanol–water partition coefficient (Wildman–Crippen LogP) is 6.20. The van der Waals surface area contributed by atoms with Crippen LogP contribution in [-0.2, 0) is 11.3 Å². The van der Waals surface area contributed by atoms with Gasteiger partial charge < -0.3 is 25.0 Å². The Balaban J connectivity index is 0.991. The molecule has 7 rings (SSSR count). The van der Waals surface area contributed by atoms with Gasteiger partial charge in [-0.05, 0) is 68.4 Å². The fourth-order valence-corrected chi connectivity index (χ4v) is 8.32. The molecule has 2 aromatic carbocycles. The molecule has 1 saturated heterocycles. The summed E-state index contributed by atoms with van der Waals surface area (Å²) in [6, 6.07) is 16.4. The number of likely N-dealkylation sites (tertiary alicyclic amines) is 1. The third-order valence-corrected chi connectivity index (χ3v) is 10.9. The van der Waals surface area contributed by atoms with Crippen LogP contribution in [0.5, 0.6) is 5.88 Å². The van der Waals surface area contributed by atoms with Crippen LogP contribution < -0.4 is 20.3 Å². The number of aromatic nitrogens is 2. The van der Waals surface area contributed by atoms with Gasteiger partial charge in [-0.25, -0.2) is 19.2 Å². The van der Waals surface area contributed by atoms with Crippen molar-refractivity contribution < 1.29 is 18.7 Å². The Morgan fingerprint density at radius 1 is 1.21 bits per heavy atom. The number of benzene rings is 2. The normalized spacial score (nSPS) is 17.9. The number of carbonyl (C=O) groups is 1. The topological polar surface area (TPSA) is 116 Å². The summed E-state index contributed by atoms with van der Waals surface area (Å²) >= 11 is 3.09. The minimum absolute atomic E-state index is 0.0292. The number of thiazole rings is 1. The highest BCUT2D eigenvalue weighted by Gasteiger charge is 2.34. The van der Waals surface area contributed by atoms with Crippen molar-refractivity contribution in [3.05, 3.63) is 99.4 Å². The molecule has 0 saturated carbocycles. The summed E-state index contributed by atoms with van der Waals surface area (Å²) < 4.78 is 26.0. The summed E-state index contributed by atoms with van der Waals surface area (Å²) in [6.45, 7) is 7.51. The lowest BCUT2D eigenvalue weighted by Crippen LogP contribution is -2.47. The average Bonchev–Trinajstić information content (AvgIpc) is 3.84. The van der Waals surface area contributed by atoms with E-state index in [0.29, 0.717) is 33.6 Å². The minimum atomic E-state index is -0.504. The number of nitriles is 1. The van der Waals surface area contributed by atoms with Crippen molar-refractivity contribution in [1.29, 1.82) is 5.26 Å². The molecule has 0 aliphatic carbocycles. The van der Waals surface area contributed by atoms with Gasteiger partial charge >= 0.3 is 5.97 Å². The van der Waals surface area contributed by atoms with Gasteiger partial charge in [-0.3, -0.25) is 4.90 Å². The lowest BCUT2D eigenvalue weighted by molar-refractivity contribution is 0.0601. The Morgan fingerprint density at radius 2 is 2.06 bits per heavy atom. The van der Waals surface area contributed by atoms with Crippen LogP contribution in [0.4, 0.5) is 15.8 Å². The number of anilines is 2. The largest absolute Gasteiger partial charge is 0.470 e. The van der Waals surface area contributed by atoms with Crippen LogP contribution in [0.15, 0.2) is 71.8 Å². The minimum Gasteiger partial charge on any atom is -0.470 e. The van der Waals surface area contributed by atoms with Crippen molar-refractivity contribution >= 4 is 50.7 Å². The maximum Gasteiger partial charge on any atom is 0.337 e. The van der Waals surface area contributed by atoms with Gasteiger partial charge in [0.15, 0.2) is 5.82 Å². The maximum atomic E-state index is 14.4. The zero-order chi connectivity index (χ0) is 33.2. The van der Waals surface area contributed by atoms with E-state index in [1.807, 2.05) is 36.4 Å². The molecule has 0 bridgehead atoms. The van der Waals surface area contributed by atoms with Crippen molar-refractivity contribution in [2.24, 2.45) is 0 Å². The number of carbonyl (C=O) groups excluding carboxylic acids is 1. The van der Waals surface area contributed by atoms with E-state index in [-0.39, 0.29) is 29.8 Å². The summed E-state index contributed by atoms with van der Waals surface area (Å²) in [5.74, 6) is 0.777.